The molecular formula is C20H14F4N6O. The lowest BCUT2D eigenvalue weighted by atomic mass is 9.84. The standard InChI is InChI=1S/C20H14F4N6O/c1-30-18(31)20(28-19(30)25,15-6-2-4-14(27-15)17(23)24)10-8-11(16(22)12(21)9-10)13-5-3-7-26-29-13/h2-9,17H,1H3,(H2,25,28). The third kappa shape index (κ3) is 3.18. The van der Waals surface area contributed by atoms with E-state index in [2.05, 4.69) is 20.2 Å². The van der Waals surface area contributed by atoms with Crippen LogP contribution in [0.3, 0.4) is 0 Å². The molecule has 1 aliphatic rings. The summed E-state index contributed by atoms with van der Waals surface area (Å²) in [5, 5.41) is 7.42. The molecule has 0 aliphatic carbocycles. The van der Waals surface area contributed by atoms with Crippen LogP contribution in [0.5, 0.6) is 0 Å². The number of alkyl halides is 2. The summed E-state index contributed by atoms with van der Waals surface area (Å²) in [5.74, 6) is -3.51. The monoisotopic (exact) mass is 430 g/mol. The highest BCUT2D eigenvalue weighted by atomic mass is 19.3. The Morgan fingerprint density at radius 2 is 1.90 bits per heavy atom. The van der Waals surface area contributed by atoms with Crippen LogP contribution in [0.25, 0.3) is 11.3 Å². The van der Waals surface area contributed by atoms with Gasteiger partial charge in [0.15, 0.2) is 17.6 Å². The molecule has 31 heavy (non-hydrogen) atoms. The molecular weight excluding hydrogens is 416 g/mol. The number of halogens is 4. The van der Waals surface area contributed by atoms with Crippen molar-refractivity contribution >= 4 is 11.9 Å². The molecule has 1 atom stereocenters. The molecule has 0 radical (unpaired) electrons. The number of guanidine groups is 1. The number of benzene rings is 1. The predicted molar refractivity (Wildman–Crippen MR) is 102 cm³/mol. The largest absolute Gasteiger partial charge is 0.369 e. The highest BCUT2D eigenvalue weighted by Gasteiger charge is 2.51. The van der Waals surface area contributed by atoms with E-state index in [1.807, 2.05) is 0 Å². The SMILES string of the molecule is CN1C(=O)C(c2cc(F)c(F)c(-c3cccnn3)c2)(c2cccc(C(F)F)n2)N=C1N. The molecule has 4 rings (SSSR count). The summed E-state index contributed by atoms with van der Waals surface area (Å²) in [6.07, 6.45) is -1.57. The Kier molecular flexibility index (Phi) is 4.88. The fourth-order valence-electron chi connectivity index (χ4n) is 3.35. The second-order valence-corrected chi connectivity index (χ2v) is 6.72. The first-order valence-electron chi connectivity index (χ1n) is 8.92. The van der Waals surface area contributed by atoms with E-state index in [1.54, 1.807) is 0 Å². The molecule has 0 saturated carbocycles. The minimum atomic E-state index is -2.92. The van der Waals surface area contributed by atoms with Gasteiger partial charge in [0.2, 0.25) is 5.54 Å². The molecule has 1 aromatic carbocycles. The number of hydrogen-bond acceptors (Lipinski definition) is 6. The molecule has 0 fully saturated rings. The van der Waals surface area contributed by atoms with Crippen LogP contribution in [-0.2, 0) is 10.3 Å². The first-order valence-corrected chi connectivity index (χ1v) is 8.92. The van der Waals surface area contributed by atoms with E-state index in [1.165, 1.54) is 37.5 Å². The number of nitrogens with zero attached hydrogens (tertiary/aromatic N) is 5. The lowest BCUT2D eigenvalue weighted by Crippen LogP contribution is -2.41. The molecule has 3 aromatic rings. The highest BCUT2D eigenvalue weighted by molar-refractivity contribution is 6.08. The second-order valence-electron chi connectivity index (χ2n) is 6.72. The van der Waals surface area contributed by atoms with Gasteiger partial charge in [0, 0.05) is 18.8 Å². The van der Waals surface area contributed by atoms with Gasteiger partial charge in [-0.25, -0.2) is 27.5 Å². The average Bonchev–Trinajstić information content (AvgIpc) is 3.01. The van der Waals surface area contributed by atoms with Crippen LogP contribution in [0, 0.1) is 11.6 Å². The van der Waals surface area contributed by atoms with E-state index in [9.17, 15) is 22.4 Å². The number of aliphatic imine (C=N–C) groups is 1. The smallest absolute Gasteiger partial charge is 0.280 e. The Balaban J connectivity index is 2.02. The molecule has 1 amide bonds. The van der Waals surface area contributed by atoms with E-state index >= 15 is 0 Å². The highest BCUT2D eigenvalue weighted by Crippen LogP contribution is 2.41. The van der Waals surface area contributed by atoms with Crippen molar-refractivity contribution in [1.82, 2.24) is 20.1 Å². The van der Waals surface area contributed by atoms with Crippen LogP contribution < -0.4 is 5.73 Å². The molecule has 158 valence electrons. The van der Waals surface area contributed by atoms with Crippen molar-refractivity contribution < 1.29 is 22.4 Å². The number of rotatable bonds is 4. The van der Waals surface area contributed by atoms with Crippen molar-refractivity contribution in [3.8, 4) is 11.3 Å². The molecule has 0 bridgehead atoms. The minimum Gasteiger partial charge on any atom is -0.369 e. The molecule has 3 heterocycles. The maximum atomic E-state index is 14.6. The second kappa shape index (κ2) is 7.42. The summed E-state index contributed by atoms with van der Waals surface area (Å²) in [4.78, 5) is 22.2. The third-order valence-electron chi connectivity index (χ3n) is 4.90. The molecule has 7 nitrogen and oxygen atoms in total. The molecule has 1 aliphatic heterocycles. The maximum Gasteiger partial charge on any atom is 0.280 e. The van der Waals surface area contributed by atoms with Crippen LogP contribution in [0.4, 0.5) is 17.6 Å². The lowest BCUT2D eigenvalue weighted by Gasteiger charge is -2.26. The Labute approximate surface area is 173 Å². The molecule has 1 unspecified atom stereocenters. The molecule has 2 aromatic heterocycles. The fraction of sp³-hybridized carbons (Fsp3) is 0.150. The van der Waals surface area contributed by atoms with E-state index in [0.717, 1.165) is 23.1 Å². The van der Waals surface area contributed by atoms with Gasteiger partial charge in [-0.2, -0.15) is 10.2 Å². The number of carbonyl (C=O) groups excluding carboxylic acids is 1. The summed E-state index contributed by atoms with van der Waals surface area (Å²) in [6, 6.07) is 8.44. The number of likely N-dealkylation sites (N-methyl/N-ethyl adjacent to an activating group) is 1. The van der Waals surface area contributed by atoms with Gasteiger partial charge in [0.05, 0.1) is 11.4 Å². The first kappa shape index (κ1) is 20.4. The van der Waals surface area contributed by atoms with Crippen molar-refractivity contribution in [1.29, 1.82) is 0 Å². The Morgan fingerprint density at radius 3 is 2.52 bits per heavy atom. The number of pyridine rings is 1. The van der Waals surface area contributed by atoms with Crippen molar-refractivity contribution in [3.05, 3.63) is 77.2 Å². The fourth-order valence-corrected chi connectivity index (χ4v) is 3.35. The Morgan fingerprint density at radius 1 is 1.13 bits per heavy atom. The summed E-state index contributed by atoms with van der Waals surface area (Å²) >= 11 is 0. The number of hydrogen-bond donors (Lipinski definition) is 1. The van der Waals surface area contributed by atoms with Crippen LogP contribution in [0.1, 0.15) is 23.4 Å². The van der Waals surface area contributed by atoms with Gasteiger partial charge in [-0.05, 0) is 42.0 Å². The summed E-state index contributed by atoms with van der Waals surface area (Å²) < 4.78 is 55.8. The van der Waals surface area contributed by atoms with Crippen molar-refractivity contribution in [2.45, 2.75) is 12.0 Å². The van der Waals surface area contributed by atoms with E-state index in [-0.39, 0.29) is 28.5 Å². The quantitative estimate of drug-likeness (QED) is 0.642. The van der Waals surface area contributed by atoms with E-state index in [0.29, 0.717) is 0 Å². The van der Waals surface area contributed by atoms with Crippen LogP contribution in [0.2, 0.25) is 0 Å². The third-order valence-corrected chi connectivity index (χ3v) is 4.90. The Hall–Kier alpha value is -3.89. The number of nitrogens with two attached hydrogens (primary N) is 1. The molecule has 2 N–H and O–H groups in total. The number of aromatic nitrogens is 3. The summed E-state index contributed by atoms with van der Waals surface area (Å²) in [5.41, 5.74) is 2.48. The van der Waals surface area contributed by atoms with E-state index in [4.69, 9.17) is 5.73 Å². The van der Waals surface area contributed by atoms with Gasteiger partial charge >= 0.3 is 0 Å². The zero-order valence-corrected chi connectivity index (χ0v) is 15.9. The molecule has 11 heteroatoms. The molecule has 0 spiro atoms. The van der Waals surface area contributed by atoms with Crippen LogP contribution in [-0.4, -0.2) is 39.0 Å². The van der Waals surface area contributed by atoms with Gasteiger partial charge in [-0.3, -0.25) is 9.69 Å². The van der Waals surface area contributed by atoms with Crippen LogP contribution in [0.15, 0.2) is 53.7 Å². The Bertz CT molecular complexity index is 1200. The number of amides is 1. The van der Waals surface area contributed by atoms with Crippen LogP contribution >= 0.6 is 0 Å². The minimum absolute atomic E-state index is 0.000873. The normalized spacial score (nSPS) is 18.6. The van der Waals surface area contributed by atoms with Gasteiger partial charge < -0.3 is 5.73 Å². The van der Waals surface area contributed by atoms with Crippen molar-refractivity contribution in [2.75, 3.05) is 7.05 Å². The summed E-state index contributed by atoms with van der Waals surface area (Å²) in [7, 11) is 1.32. The molecule has 0 saturated heterocycles. The van der Waals surface area contributed by atoms with E-state index < -0.39 is 35.2 Å². The summed E-state index contributed by atoms with van der Waals surface area (Å²) in [6.45, 7) is 0. The topological polar surface area (TPSA) is 97.4 Å². The van der Waals surface area contributed by atoms with Gasteiger partial charge in [-0.1, -0.05) is 6.07 Å². The lowest BCUT2D eigenvalue weighted by molar-refractivity contribution is -0.129. The average molecular weight is 430 g/mol. The maximum absolute atomic E-state index is 14.6. The first-order chi connectivity index (χ1) is 14.8. The van der Waals surface area contributed by atoms with Gasteiger partial charge in [0.1, 0.15) is 5.69 Å². The number of carbonyl (C=O) groups is 1. The van der Waals surface area contributed by atoms with Crippen molar-refractivity contribution in [2.24, 2.45) is 10.7 Å². The zero-order valence-electron chi connectivity index (χ0n) is 15.9. The van der Waals surface area contributed by atoms with Gasteiger partial charge in [-0.15, -0.1) is 0 Å². The predicted octanol–water partition coefficient (Wildman–Crippen LogP) is 2.78. The zero-order chi connectivity index (χ0) is 22.3. The van der Waals surface area contributed by atoms with Gasteiger partial charge in [0.25, 0.3) is 12.3 Å². The van der Waals surface area contributed by atoms with Crippen molar-refractivity contribution in [3.63, 3.8) is 0 Å².